The second-order valence-corrected chi connectivity index (χ2v) is 7.85. The first-order valence-electron chi connectivity index (χ1n) is 6.30. The summed E-state index contributed by atoms with van der Waals surface area (Å²) in [6.07, 6.45) is -4.97. The molecule has 9 nitrogen and oxygen atoms in total. The predicted octanol–water partition coefficient (Wildman–Crippen LogP) is 4.36. The lowest BCUT2D eigenvalue weighted by atomic mass is 10.2. The minimum Gasteiger partial charge on any atom is -0.478 e. The molecule has 0 bridgehead atoms. The van der Waals surface area contributed by atoms with Gasteiger partial charge in [0.2, 0.25) is 0 Å². The van der Waals surface area contributed by atoms with Crippen LogP contribution >= 0.6 is 34.4 Å². The number of alkyl halides is 3. The number of halogens is 3. The molecule has 0 saturated heterocycles. The van der Waals surface area contributed by atoms with Crippen LogP contribution in [0.15, 0.2) is 36.5 Å². The van der Waals surface area contributed by atoms with E-state index in [1.165, 1.54) is 11.4 Å². The zero-order valence-corrected chi connectivity index (χ0v) is 14.4. The summed E-state index contributed by atoms with van der Waals surface area (Å²) in [5.41, 5.74) is -1.72. The summed E-state index contributed by atoms with van der Waals surface area (Å²) in [6, 6.07) is 1.28. The normalized spacial score (nSPS) is 15.5. The summed E-state index contributed by atoms with van der Waals surface area (Å²) in [6.45, 7) is 0. The van der Waals surface area contributed by atoms with Crippen molar-refractivity contribution in [3.63, 3.8) is 0 Å². The number of carboxylic acids is 2. The Labute approximate surface area is 153 Å². The number of carboxylic acid groups (broad SMARTS) is 2. The van der Waals surface area contributed by atoms with Crippen molar-refractivity contribution in [3.05, 3.63) is 32.5 Å². The lowest BCUT2D eigenvalue weighted by Crippen LogP contribution is -2.16. The average Bonchev–Trinajstić information content (AvgIpc) is 3.25. The van der Waals surface area contributed by atoms with E-state index in [4.69, 9.17) is 5.11 Å². The Morgan fingerprint density at radius 3 is 2.31 bits per heavy atom. The van der Waals surface area contributed by atoms with Gasteiger partial charge in [-0.05, 0) is 33.7 Å². The summed E-state index contributed by atoms with van der Waals surface area (Å²) in [5, 5.41) is 33.7. The van der Waals surface area contributed by atoms with E-state index in [0.717, 1.165) is 11.3 Å². The van der Waals surface area contributed by atoms with Gasteiger partial charge in [0.05, 0.1) is 10.4 Å². The van der Waals surface area contributed by atoms with Crippen molar-refractivity contribution in [2.45, 2.75) is 15.5 Å². The Morgan fingerprint density at radius 1 is 1.15 bits per heavy atom. The highest BCUT2D eigenvalue weighted by Crippen LogP contribution is 2.51. The van der Waals surface area contributed by atoms with Gasteiger partial charge in [-0.2, -0.15) is 13.2 Å². The lowest BCUT2D eigenvalue weighted by Gasteiger charge is -2.16. The summed E-state index contributed by atoms with van der Waals surface area (Å²) in [4.78, 5) is 23.0. The maximum absolute atomic E-state index is 13.0. The highest BCUT2D eigenvalue weighted by Gasteiger charge is 2.45. The maximum Gasteiger partial charge on any atom is 0.435 e. The van der Waals surface area contributed by atoms with E-state index in [1.54, 1.807) is 0 Å². The van der Waals surface area contributed by atoms with E-state index in [2.05, 4.69) is 25.7 Å². The molecule has 1 aliphatic heterocycles. The summed E-state index contributed by atoms with van der Waals surface area (Å²) in [7, 11) is 0. The van der Waals surface area contributed by atoms with Gasteiger partial charge in [-0.15, -0.1) is 21.6 Å². The minimum absolute atomic E-state index is 0.0700. The molecule has 136 valence electrons. The van der Waals surface area contributed by atoms with Crippen molar-refractivity contribution in [3.8, 4) is 0 Å². The van der Waals surface area contributed by atoms with Crippen molar-refractivity contribution in [2.75, 3.05) is 0 Å². The molecule has 0 aliphatic carbocycles. The van der Waals surface area contributed by atoms with Crippen LogP contribution in [0.3, 0.4) is 0 Å². The van der Waals surface area contributed by atoms with Crippen LogP contribution in [0.4, 0.5) is 13.2 Å². The molecule has 0 fully saturated rings. The molecule has 0 amide bonds. The zero-order chi connectivity index (χ0) is 19.1. The van der Waals surface area contributed by atoms with Gasteiger partial charge >= 0.3 is 18.1 Å². The Bertz CT molecular complexity index is 939. The van der Waals surface area contributed by atoms with Crippen LogP contribution in [0.5, 0.6) is 0 Å². The summed E-state index contributed by atoms with van der Waals surface area (Å²) in [5.74, 6) is -3.08. The fourth-order valence-electron chi connectivity index (χ4n) is 1.89. The molecule has 2 aromatic heterocycles. The van der Waals surface area contributed by atoms with Crippen molar-refractivity contribution in [2.24, 2.45) is 20.7 Å². The molecule has 2 aromatic rings. The van der Waals surface area contributed by atoms with Crippen LogP contribution in [0.25, 0.3) is 0 Å². The molecule has 0 aromatic carbocycles. The first-order valence-corrected chi connectivity index (χ1v) is 8.81. The second-order valence-electron chi connectivity index (χ2n) is 4.52. The highest BCUT2D eigenvalue weighted by molar-refractivity contribution is 8.02. The van der Waals surface area contributed by atoms with Crippen molar-refractivity contribution >= 4 is 46.4 Å². The maximum atomic E-state index is 13.0. The third-order valence-corrected chi connectivity index (χ3v) is 6.29. The molecule has 0 radical (unpaired) electrons. The van der Waals surface area contributed by atoms with Gasteiger partial charge in [0.1, 0.15) is 4.88 Å². The van der Waals surface area contributed by atoms with E-state index < -0.39 is 33.7 Å². The number of rotatable bonds is 5. The number of thioether (sulfide) groups is 1. The number of thiazole rings is 1. The van der Waals surface area contributed by atoms with Gasteiger partial charge in [-0.1, -0.05) is 11.3 Å². The summed E-state index contributed by atoms with van der Waals surface area (Å²) < 4.78 is 38.6. The fraction of sp³-hybridized carbons (Fsp3) is 0.182. The summed E-state index contributed by atoms with van der Waals surface area (Å²) >= 11 is 1.75. The van der Waals surface area contributed by atoms with Crippen molar-refractivity contribution < 1.29 is 33.0 Å². The van der Waals surface area contributed by atoms with Gasteiger partial charge in [0.25, 0.3) is 4.99 Å². The van der Waals surface area contributed by atoms with Gasteiger partial charge in [-0.3, -0.25) is 0 Å². The minimum atomic E-state index is -4.97. The van der Waals surface area contributed by atoms with Gasteiger partial charge in [0, 0.05) is 0 Å². The van der Waals surface area contributed by atoms with Gasteiger partial charge < -0.3 is 10.2 Å². The molecule has 2 N–H and O–H groups in total. The van der Waals surface area contributed by atoms with Crippen LogP contribution in [-0.2, 0) is 11.2 Å². The van der Waals surface area contributed by atoms with E-state index in [9.17, 15) is 27.9 Å². The topological polar surface area (TPSA) is 137 Å². The third kappa shape index (κ3) is 3.19. The molecule has 3 heterocycles. The number of carbonyl (C=O) groups is 2. The van der Waals surface area contributed by atoms with Crippen LogP contribution in [0.2, 0.25) is 0 Å². The number of aromatic nitrogens is 1. The number of hydrogen-bond acceptors (Lipinski definition) is 10. The molecule has 0 spiro atoms. The first kappa shape index (κ1) is 18.4. The number of hydrogen-bond donors (Lipinski definition) is 2. The largest absolute Gasteiger partial charge is 0.478 e. The SMILES string of the molecule is O=C(O)c1ccsc1C1(Sc2nc(C(F)(F)F)c(C(=O)O)s2)N=NN=N1. The Kier molecular flexibility index (Phi) is 4.53. The van der Waals surface area contributed by atoms with E-state index in [0.29, 0.717) is 11.8 Å². The smallest absolute Gasteiger partial charge is 0.435 e. The molecule has 0 atom stereocenters. The average molecular weight is 423 g/mol. The van der Waals surface area contributed by atoms with Crippen LogP contribution < -0.4 is 0 Å². The van der Waals surface area contributed by atoms with E-state index in [-0.39, 0.29) is 26.1 Å². The fourth-order valence-corrected chi connectivity index (χ4v) is 5.18. The number of nitrogens with zero attached hydrogens (tertiary/aromatic N) is 5. The van der Waals surface area contributed by atoms with Crippen molar-refractivity contribution in [1.82, 2.24) is 4.98 Å². The van der Waals surface area contributed by atoms with Crippen molar-refractivity contribution in [1.29, 1.82) is 0 Å². The van der Waals surface area contributed by atoms with E-state index >= 15 is 0 Å². The first-order chi connectivity index (χ1) is 12.1. The van der Waals surface area contributed by atoms with E-state index in [1.807, 2.05) is 0 Å². The Balaban J connectivity index is 2.07. The quantitative estimate of drug-likeness (QED) is 0.733. The third-order valence-electron chi connectivity index (χ3n) is 2.89. The molecule has 3 rings (SSSR count). The monoisotopic (exact) mass is 423 g/mol. The molecule has 0 unspecified atom stereocenters. The molecular formula is C11H4F3N5O4S3. The standard InChI is InChI=1S/C11H4F3N5O4S3/c12-10(13,14)5-4(8(22)23)25-9(15-5)26-11(16-18-19-17-11)6-3(7(20)21)1-2-24-6/h1-2H,(H,20,21)(H,22,23). The lowest BCUT2D eigenvalue weighted by molar-refractivity contribution is -0.141. The molecule has 1 aliphatic rings. The predicted molar refractivity (Wildman–Crippen MR) is 82.6 cm³/mol. The Morgan fingerprint density at radius 2 is 1.81 bits per heavy atom. The van der Waals surface area contributed by atoms with Gasteiger partial charge in [-0.25, -0.2) is 14.6 Å². The van der Waals surface area contributed by atoms with Crippen LogP contribution in [-0.4, -0.2) is 27.1 Å². The molecule has 0 saturated carbocycles. The molecular weight excluding hydrogens is 419 g/mol. The van der Waals surface area contributed by atoms with Crippen LogP contribution in [0, 0.1) is 0 Å². The van der Waals surface area contributed by atoms with Crippen LogP contribution in [0.1, 0.15) is 30.6 Å². The number of thiophene rings is 1. The zero-order valence-electron chi connectivity index (χ0n) is 12.0. The Hall–Kier alpha value is -2.39. The highest BCUT2D eigenvalue weighted by atomic mass is 32.2. The molecule has 15 heteroatoms. The number of aromatic carboxylic acids is 2. The molecule has 26 heavy (non-hydrogen) atoms. The second kappa shape index (κ2) is 6.40. The van der Waals surface area contributed by atoms with Gasteiger partial charge in [0.15, 0.2) is 10.0 Å².